The van der Waals surface area contributed by atoms with Gasteiger partial charge < -0.3 is 4.57 Å². The summed E-state index contributed by atoms with van der Waals surface area (Å²) in [6.07, 6.45) is 1.90. The fourth-order valence-electron chi connectivity index (χ4n) is 2.49. The number of aryl methyl sites for hydroxylation is 2. The fourth-order valence-corrected chi connectivity index (χ4v) is 2.93. The van der Waals surface area contributed by atoms with Crippen molar-refractivity contribution in [1.82, 2.24) is 4.57 Å². The molecule has 0 unspecified atom stereocenters. The molecule has 100 valence electrons. The number of rotatable bonds is 2. The number of benzene rings is 2. The van der Waals surface area contributed by atoms with Gasteiger partial charge in [-0.25, -0.2) is 0 Å². The summed E-state index contributed by atoms with van der Waals surface area (Å²) in [5, 5.41) is 0.994. The van der Waals surface area contributed by atoms with Crippen molar-refractivity contribution in [2.75, 3.05) is 0 Å². The van der Waals surface area contributed by atoms with Crippen molar-refractivity contribution in [1.29, 1.82) is 0 Å². The number of ketones is 1. The molecular weight excluding hydrogens is 314 g/mol. The molecule has 1 aromatic heterocycles. The third-order valence-electron chi connectivity index (χ3n) is 3.58. The van der Waals surface area contributed by atoms with E-state index in [4.69, 9.17) is 0 Å². The van der Waals surface area contributed by atoms with Crippen LogP contribution in [0.4, 0.5) is 0 Å². The molecule has 0 atom stereocenters. The molecule has 2 nitrogen and oxygen atoms in total. The van der Waals surface area contributed by atoms with Gasteiger partial charge in [0.15, 0.2) is 5.78 Å². The molecule has 3 heteroatoms. The molecule has 0 saturated carbocycles. The van der Waals surface area contributed by atoms with E-state index in [9.17, 15) is 4.79 Å². The molecule has 1 heterocycles. The van der Waals surface area contributed by atoms with Crippen LogP contribution >= 0.6 is 15.9 Å². The zero-order chi connectivity index (χ0) is 14.3. The highest BCUT2D eigenvalue weighted by Crippen LogP contribution is 2.27. The van der Waals surface area contributed by atoms with Gasteiger partial charge in [-0.1, -0.05) is 30.3 Å². The third kappa shape index (κ3) is 1.98. The van der Waals surface area contributed by atoms with Crippen molar-refractivity contribution in [2.45, 2.75) is 6.92 Å². The molecule has 0 amide bonds. The topological polar surface area (TPSA) is 22.0 Å². The predicted octanol–water partition coefficient (Wildman–Crippen LogP) is 4.48. The Bertz CT molecular complexity index is 817. The smallest absolute Gasteiger partial charge is 0.196 e. The number of carbonyl (C=O) groups is 1. The fraction of sp³-hybridized carbons (Fsp3) is 0.118. The van der Waals surface area contributed by atoms with E-state index < -0.39 is 0 Å². The summed E-state index contributed by atoms with van der Waals surface area (Å²) in [5.74, 6) is 0.0531. The van der Waals surface area contributed by atoms with Gasteiger partial charge in [0.25, 0.3) is 0 Å². The van der Waals surface area contributed by atoms with E-state index in [-0.39, 0.29) is 5.78 Å². The average molecular weight is 328 g/mol. The van der Waals surface area contributed by atoms with Crippen molar-refractivity contribution < 1.29 is 4.79 Å². The molecule has 0 aliphatic heterocycles. The zero-order valence-electron chi connectivity index (χ0n) is 11.4. The number of hydrogen-bond acceptors (Lipinski definition) is 1. The first-order chi connectivity index (χ1) is 9.59. The molecule has 3 aromatic rings. The van der Waals surface area contributed by atoms with E-state index in [1.54, 1.807) is 0 Å². The quantitative estimate of drug-likeness (QED) is 0.636. The summed E-state index contributed by atoms with van der Waals surface area (Å²) < 4.78 is 2.87. The largest absolute Gasteiger partial charge is 0.350 e. The van der Waals surface area contributed by atoms with Gasteiger partial charge in [0.1, 0.15) is 0 Å². The SMILES string of the molecule is Cc1cccc(C(=O)c2cn(C)c3ccccc23)c1Br. The zero-order valence-corrected chi connectivity index (χ0v) is 12.9. The lowest BCUT2D eigenvalue weighted by molar-refractivity contribution is 0.103. The van der Waals surface area contributed by atoms with Crippen molar-refractivity contribution in [3.05, 3.63) is 69.8 Å². The van der Waals surface area contributed by atoms with Gasteiger partial charge in [-0.2, -0.15) is 0 Å². The van der Waals surface area contributed by atoms with Gasteiger partial charge >= 0.3 is 0 Å². The Morgan fingerprint density at radius 1 is 1.05 bits per heavy atom. The number of nitrogens with zero attached hydrogens (tertiary/aromatic N) is 1. The van der Waals surface area contributed by atoms with Crippen LogP contribution in [0.15, 0.2) is 53.1 Å². The van der Waals surface area contributed by atoms with Crippen molar-refractivity contribution in [3.8, 4) is 0 Å². The molecule has 3 rings (SSSR count). The van der Waals surface area contributed by atoms with Gasteiger partial charge in [-0.05, 0) is 40.5 Å². The van der Waals surface area contributed by atoms with E-state index >= 15 is 0 Å². The molecule has 0 aliphatic carbocycles. The lowest BCUT2D eigenvalue weighted by Crippen LogP contribution is -2.02. The second-order valence-corrected chi connectivity index (χ2v) is 5.73. The molecule has 0 N–H and O–H groups in total. The molecule has 2 aromatic carbocycles. The number of halogens is 1. The Morgan fingerprint density at radius 2 is 1.80 bits per heavy atom. The van der Waals surface area contributed by atoms with E-state index in [2.05, 4.69) is 15.9 Å². The molecule has 0 spiro atoms. The lowest BCUT2D eigenvalue weighted by Gasteiger charge is -2.05. The number of para-hydroxylation sites is 1. The van der Waals surface area contributed by atoms with Crippen LogP contribution in [0, 0.1) is 6.92 Å². The normalized spacial score (nSPS) is 10.9. The van der Waals surface area contributed by atoms with Crippen LogP contribution in [-0.4, -0.2) is 10.4 Å². The van der Waals surface area contributed by atoms with E-state index in [0.29, 0.717) is 5.56 Å². The Kier molecular flexibility index (Phi) is 3.22. The van der Waals surface area contributed by atoms with Gasteiger partial charge in [-0.15, -0.1) is 0 Å². The number of aromatic nitrogens is 1. The number of hydrogen-bond donors (Lipinski definition) is 0. The highest BCUT2D eigenvalue weighted by atomic mass is 79.9. The maximum Gasteiger partial charge on any atom is 0.196 e. The molecule has 0 fully saturated rings. The minimum atomic E-state index is 0.0531. The van der Waals surface area contributed by atoms with E-state index in [1.165, 1.54) is 0 Å². The van der Waals surface area contributed by atoms with Crippen LogP contribution in [0.5, 0.6) is 0 Å². The maximum absolute atomic E-state index is 12.8. The van der Waals surface area contributed by atoms with E-state index in [1.807, 2.05) is 67.2 Å². The van der Waals surface area contributed by atoms with Crippen LogP contribution in [0.1, 0.15) is 21.5 Å². The monoisotopic (exact) mass is 327 g/mol. The molecule has 0 saturated heterocycles. The maximum atomic E-state index is 12.8. The average Bonchev–Trinajstić information content (AvgIpc) is 2.79. The first kappa shape index (κ1) is 13.1. The first-order valence-corrected chi connectivity index (χ1v) is 7.23. The summed E-state index contributed by atoms with van der Waals surface area (Å²) in [4.78, 5) is 12.8. The van der Waals surface area contributed by atoms with Crippen molar-refractivity contribution in [2.24, 2.45) is 7.05 Å². The van der Waals surface area contributed by atoms with Gasteiger partial charge in [0.2, 0.25) is 0 Å². The Hall–Kier alpha value is -1.87. The first-order valence-electron chi connectivity index (χ1n) is 6.43. The summed E-state index contributed by atoms with van der Waals surface area (Å²) in [6, 6.07) is 13.7. The predicted molar refractivity (Wildman–Crippen MR) is 85.2 cm³/mol. The standard InChI is InChI=1S/C17H14BrNO/c1-11-6-5-8-13(16(11)18)17(20)14-10-19(2)15-9-4-3-7-12(14)15/h3-10H,1-2H3. The third-order valence-corrected chi connectivity index (χ3v) is 4.63. The van der Waals surface area contributed by atoms with Crippen LogP contribution in [0.2, 0.25) is 0 Å². The Labute approximate surface area is 126 Å². The van der Waals surface area contributed by atoms with Crippen LogP contribution in [0.3, 0.4) is 0 Å². The minimum Gasteiger partial charge on any atom is -0.350 e. The van der Waals surface area contributed by atoms with Gasteiger partial charge in [0, 0.05) is 39.7 Å². The van der Waals surface area contributed by atoms with Crippen LogP contribution in [-0.2, 0) is 7.05 Å². The second-order valence-electron chi connectivity index (χ2n) is 4.94. The summed E-state index contributed by atoms with van der Waals surface area (Å²) in [6.45, 7) is 1.99. The van der Waals surface area contributed by atoms with E-state index in [0.717, 1.165) is 26.5 Å². The molecular formula is C17H14BrNO. The molecule has 0 aliphatic rings. The molecule has 0 bridgehead atoms. The second kappa shape index (κ2) is 4.91. The summed E-state index contributed by atoms with van der Waals surface area (Å²) in [7, 11) is 1.96. The highest BCUT2D eigenvalue weighted by Gasteiger charge is 2.18. The van der Waals surface area contributed by atoms with Gasteiger partial charge in [-0.3, -0.25) is 4.79 Å². The number of carbonyl (C=O) groups excluding carboxylic acids is 1. The Balaban J connectivity index is 2.21. The molecule has 0 radical (unpaired) electrons. The lowest BCUT2D eigenvalue weighted by atomic mass is 10.0. The van der Waals surface area contributed by atoms with Crippen LogP contribution < -0.4 is 0 Å². The van der Waals surface area contributed by atoms with Crippen molar-refractivity contribution >= 4 is 32.6 Å². The van der Waals surface area contributed by atoms with Crippen molar-refractivity contribution in [3.63, 3.8) is 0 Å². The summed E-state index contributed by atoms with van der Waals surface area (Å²) in [5.41, 5.74) is 3.59. The molecule has 20 heavy (non-hydrogen) atoms. The van der Waals surface area contributed by atoms with Crippen LogP contribution in [0.25, 0.3) is 10.9 Å². The Morgan fingerprint density at radius 3 is 2.60 bits per heavy atom. The van der Waals surface area contributed by atoms with Gasteiger partial charge in [0.05, 0.1) is 0 Å². The highest BCUT2D eigenvalue weighted by molar-refractivity contribution is 9.10. The number of fused-ring (bicyclic) bond motifs is 1. The summed E-state index contributed by atoms with van der Waals surface area (Å²) >= 11 is 3.52. The minimum absolute atomic E-state index is 0.0531.